The van der Waals surface area contributed by atoms with Gasteiger partial charge in [-0.3, -0.25) is 0 Å². The number of ether oxygens (including phenoxy) is 1. The maximum Gasteiger partial charge on any atom is 0.357 e. The van der Waals surface area contributed by atoms with Crippen LogP contribution in [0, 0.1) is 11.8 Å². The Morgan fingerprint density at radius 1 is 1.47 bits per heavy atom. The molecule has 1 aliphatic rings. The van der Waals surface area contributed by atoms with Crippen molar-refractivity contribution in [3.63, 3.8) is 0 Å². The highest BCUT2D eigenvalue weighted by atomic mass is 32.1. The van der Waals surface area contributed by atoms with Crippen LogP contribution < -0.4 is 4.90 Å². The minimum absolute atomic E-state index is 0.350. The quantitative estimate of drug-likeness (QED) is 0.799. The zero-order chi connectivity index (χ0) is 13.8. The third kappa shape index (κ3) is 3.47. The van der Waals surface area contributed by atoms with Gasteiger partial charge >= 0.3 is 5.97 Å². The van der Waals surface area contributed by atoms with Crippen molar-refractivity contribution in [2.45, 2.75) is 33.1 Å². The van der Waals surface area contributed by atoms with Gasteiger partial charge in [-0.2, -0.15) is 0 Å². The molecular formula is C14H22N2O2S. The van der Waals surface area contributed by atoms with Crippen molar-refractivity contribution in [1.82, 2.24) is 4.98 Å². The van der Waals surface area contributed by atoms with E-state index in [-0.39, 0.29) is 5.97 Å². The van der Waals surface area contributed by atoms with Crippen molar-refractivity contribution in [3.05, 3.63) is 11.1 Å². The fraction of sp³-hybridized carbons (Fsp3) is 0.714. The standard InChI is InChI=1S/C14H22N2O2S/c1-10(2)11-5-4-7-16(8-6-11)14-15-12(9-19-14)13(17)18-3/h9-11H,4-8H2,1-3H3. The van der Waals surface area contributed by atoms with Crippen LogP contribution in [-0.2, 0) is 4.74 Å². The summed E-state index contributed by atoms with van der Waals surface area (Å²) in [6.07, 6.45) is 3.71. The minimum Gasteiger partial charge on any atom is -0.464 e. The van der Waals surface area contributed by atoms with Crippen LogP contribution in [0.25, 0.3) is 0 Å². The molecule has 0 spiro atoms. The second kappa shape index (κ2) is 6.37. The average molecular weight is 282 g/mol. The fourth-order valence-electron chi connectivity index (χ4n) is 2.59. The number of carbonyl (C=O) groups excluding carboxylic acids is 1. The topological polar surface area (TPSA) is 42.4 Å². The van der Waals surface area contributed by atoms with E-state index < -0.39 is 0 Å². The summed E-state index contributed by atoms with van der Waals surface area (Å²) in [5, 5.41) is 2.73. The molecule has 0 radical (unpaired) electrons. The Bertz CT molecular complexity index is 431. The predicted octanol–water partition coefficient (Wildman–Crippen LogP) is 3.19. The summed E-state index contributed by atoms with van der Waals surface area (Å²) in [6.45, 7) is 6.69. The van der Waals surface area contributed by atoms with E-state index in [0.717, 1.165) is 30.1 Å². The van der Waals surface area contributed by atoms with Crippen LogP contribution in [0.1, 0.15) is 43.6 Å². The van der Waals surface area contributed by atoms with Crippen LogP contribution in [0.5, 0.6) is 0 Å². The van der Waals surface area contributed by atoms with E-state index in [2.05, 4.69) is 23.7 Å². The highest BCUT2D eigenvalue weighted by Crippen LogP contribution is 2.29. The molecule has 0 aromatic carbocycles. The Labute approximate surface area is 118 Å². The van der Waals surface area contributed by atoms with E-state index in [1.807, 2.05) is 0 Å². The largest absolute Gasteiger partial charge is 0.464 e. The van der Waals surface area contributed by atoms with E-state index in [1.54, 1.807) is 5.38 Å². The number of anilines is 1. The van der Waals surface area contributed by atoms with Crippen molar-refractivity contribution in [1.29, 1.82) is 0 Å². The molecular weight excluding hydrogens is 260 g/mol. The zero-order valence-electron chi connectivity index (χ0n) is 11.9. The van der Waals surface area contributed by atoms with E-state index in [1.165, 1.54) is 37.7 Å². The lowest BCUT2D eigenvalue weighted by Gasteiger charge is -2.20. The first-order valence-corrected chi connectivity index (χ1v) is 7.78. The maximum atomic E-state index is 11.4. The molecule has 1 unspecified atom stereocenters. The molecule has 0 amide bonds. The van der Waals surface area contributed by atoms with E-state index >= 15 is 0 Å². The molecule has 2 heterocycles. The van der Waals surface area contributed by atoms with Crippen LogP contribution in [0.15, 0.2) is 5.38 Å². The number of hydrogen-bond acceptors (Lipinski definition) is 5. The summed E-state index contributed by atoms with van der Waals surface area (Å²) in [5.41, 5.74) is 0.423. The molecule has 0 N–H and O–H groups in total. The second-order valence-electron chi connectivity index (χ2n) is 5.43. The first kappa shape index (κ1) is 14.3. The van der Waals surface area contributed by atoms with E-state index in [9.17, 15) is 4.79 Å². The highest BCUT2D eigenvalue weighted by Gasteiger charge is 2.22. The summed E-state index contributed by atoms with van der Waals surface area (Å²) in [4.78, 5) is 18.1. The lowest BCUT2D eigenvalue weighted by molar-refractivity contribution is 0.0595. The van der Waals surface area contributed by atoms with Gasteiger partial charge in [0.1, 0.15) is 0 Å². The van der Waals surface area contributed by atoms with Gasteiger partial charge in [-0.1, -0.05) is 13.8 Å². The monoisotopic (exact) mass is 282 g/mol. The van der Waals surface area contributed by atoms with Gasteiger partial charge in [0, 0.05) is 18.5 Å². The fourth-order valence-corrected chi connectivity index (χ4v) is 3.44. The molecule has 1 fully saturated rings. The van der Waals surface area contributed by atoms with Gasteiger partial charge < -0.3 is 9.64 Å². The van der Waals surface area contributed by atoms with Crippen molar-refractivity contribution in [2.24, 2.45) is 11.8 Å². The number of carbonyl (C=O) groups is 1. The highest BCUT2D eigenvalue weighted by molar-refractivity contribution is 7.13. The number of thiazole rings is 1. The molecule has 1 aromatic heterocycles. The van der Waals surface area contributed by atoms with Crippen LogP contribution in [0.4, 0.5) is 5.13 Å². The molecule has 5 heteroatoms. The van der Waals surface area contributed by atoms with Gasteiger partial charge in [-0.25, -0.2) is 9.78 Å². The zero-order valence-corrected chi connectivity index (χ0v) is 12.7. The first-order chi connectivity index (χ1) is 9.11. The minimum atomic E-state index is -0.350. The van der Waals surface area contributed by atoms with Gasteiger partial charge in [-0.05, 0) is 31.1 Å². The molecule has 1 aliphatic heterocycles. The van der Waals surface area contributed by atoms with Crippen LogP contribution >= 0.6 is 11.3 Å². The van der Waals surface area contributed by atoms with Gasteiger partial charge in [0.15, 0.2) is 10.8 Å². The van der Waals surface area contributed by atoms with Crippen LogP contribution in [-0.4, -0.2) is 31.2 Å². The van der Waals surface area contributed by atoms with E-state index in [0.29, 0.717) is 5.69 Å². The number of esters is 1. The lowest BCUT2D eigenvalue weighted by Crippen LogP contribution is -2.24. The summed E-state index contributed by atoms with van der Waals surface area (Å²) < 4.78 is 4.70. The summed E-state index contributed by atoms with van der Waals surface area (Å²) in [6, 6.07) is 0. The van der Waals surface area contributed by atoms with Gasteiger partial charge in [-0.15, -0.1) is 11.3 Å². The first-order valence-electron chi connectivity index (χ1n) is 6.90. The third-order valence-corrected chi connectivity index (χ3v) is 4.77. The van der Waals surface area contributed by atoms with Gasteiger partial charge in [0.05, 0.1) is 7.11 Å². The maximum absolute atomic E-state index is 11.4. The summed E-state index contributed by atoms with van der Waals surface area (Å²) in [7, 11) is 1.39. The van der Waals surface area contributed by atoms with Crippen LogP contribution in [0.2, 0.25) is 0 Å². The Morgan fingerprint density at radius 3 is 2.95 bits per heavy atom. The third-order valence-electron chi connectivity index (χ3n) is 3.87. The molecule has 19 heavy (non-hydrogen) atoms. The molecule has 106 valence electrons. The molecule has 1 atom stereocenters. The van der Waals surface area contributed by atoms with Crippen molar-refractivity contribution in [3.8, 4) is 0 Å². The van der Waals surface area contributed by atoms with E-state index in [4.69, 9.17) is 4.74 Å². The smallest absolute Gasteiger partial charge is 0.357 e. The number of rotatable bonds is 3. The number of methoxy groups -OCH3 is 1. The second-order valence-corrected chi connectivity index (χ2v) is 6.27. The van der Waals surface area contributed by atoms with Gasteiger partial charge in [0.25, 0.3) is 0 Å². The van der Waals surface area contributed by atoms with Crippen LogP contribution in [0.3, 0.4) is 0 Å². The predicted molar refractivity (Wildman–Crippen MR) is 77.8 cm³/mol. The number of aromatic nitrogens is 1. The van der Waals surface area contributed by atoms with Gasteiger partial charge in [0.2, 0.25) is 0 Å². The molecule has 0 aliphatic carbocycles. The Morgan fingerprint density at radius 2 is 2.26 bits per heavy atom. The SMILES string of the molecule is COC(=O)c1csc(N2CCCC(C(C)C)CC2)n1. The number of hydrogen-bond donors (Lipinski definition) is 0. The average Bonchev–Trinajstić information content (AvgIpc) is 2.75. The normalized spacial score (nSPS) is 20.4. The summed E-state index contributed by atoms with van der Waals surface area (Å²) >= 11 is 1.53. The molecule has 1 saturated heterocycles. The van der Waals surface area contributed by atoms with Crippen molar-refractivity contribution >= 4 is 22.4 Å². The van der Waals surface area contributed by atoms with Crippen molar-refractivity contribution in [2.75, 3.05) is 25.1 Å². The Kier molecular flexibility index (Phi) is 4.80. The Hall–Kier alpha value is -1.10. The molecule has 2 rings (SSSR count). The lowest BCUT2D eigenvalue weighted by atomic mass is 9.89. The molecule has 0 bridgehead atoms. The molecule has 4 nitrogen and oxygen atoms in total. The molecule has 0 saturated carbocycles. The Balaban J connectivity index is 2.02. The summed E-state index contributed by atoms with van der Waals surface area (Å²) in [5.74, 6) is 1.21. The molecule has 1 aromatic rings. The van der Waals surface area contributed by atoms with Crippen molar-refractivity contribution < 1.29 is 9.53 Å². The number of nitrogens with zero attached hydrogens (tertiary/aromatic N) is 2.